The van der Waals surface area contributed by atoms with E-state index >= 15 is 0 Å². The smallest absolute Gasteiger partial charge is 0.338 e. The zero-order chi connectivity index (χ0) is 19.6. The average molecular weight is 364 g/mol. The molecule has 1 atom stereocenters. The van der Waals surface area contributed by atoms with E-state index in [1.807, 2.05) is 24.3 Å². The van der Waals surface area contributed by atoms with Crippen LogP contribution >= 0.6 is 0 Å². The van der Waals surface area contributed by atoms with E-state index in [1.165, 1.54) is 5.57 Å². The topological polar surface area (TPSA) is 46.5 Å². The number of aromatic hydroxyl groups is 1. The van der Waals surface area contributed by atoms with Crippen molar-refractivity contribution in [3.8, 4) is 11.5 Å². The summed E-state index contributed by atoms with van der Waals surface area (Å²) in [6, 6.07) is 7.58. The zero-order valence-electron chi connectivity index (χ0n) is 16.5. The Morgan fingerprint density at radius 2 is 1.93 bits per heavy atom. The third-order valence-electron chi connectivity index (χ3n) is 5.32. The van der Waals surface area contributed by atoms with Gasteiger partial charge in [-0.2, -0.15) is 0 Å². The summed E-state index contributed by atoms with van der Waals surface area (Å²) in [6.45, 7) is 9.60. The molecular formula is C24H28O3. The first kappa shape index (κ1) is 19.2. The minimum Gasteiger partial charge on any atom is -0.507 e. The predicted octanol–water partition coefficient (Wildman–Crippen LogP) is 5.88. The van der Waals surface area contributed by atoms with Crippen molar-refractivity contribution in [1.29, 1.82) is 0 Å². The molecule has 3 nitrogen and oxygen atoms in total. The molecule has 0 saturated carbocycles. The highest BCUT2D eigenvalue weighted by Crippen LogP contribution is 2.45. The molecule has 1 aliphatic carbocycles. The fraction of sp³-hybridized carbons (Fsp3) is 0.375. The summed E-state index contributed by atoms with van der Waals surface area (Å²) in [6.07, 6.45) is 7.11. The van der Waals surface area contributed by atoms with Gasteiger partial charge in [0.2, 0.25) is 0 Å². The van der Waals surface area contributed by atoms with Crippen molar-refractivity contribution in [2.45, 2.75) is 52.9 Å². The Balaban J connectivity index is 2.03. The van der Waals surface area contributed by atoms with Crippen LogP contribution in [0.5, 0.6) is 11.5 Å². The maximum absolute atomic E-state index is 12.3. The van der Waals surface area contributed by atoms with E-state index in [-0.39, 0.29) is 0 Å². The van der Waals surface area contributed by atoms with Gasteiger partial charge in [0, 0.05) is 27.5 Å². The van der Waals surface area contributed by atoms with Gasteiger partial charge < -0.3 is 9.84 Å². The van der Waals surface area contributed by atoms with Gasteiger partial charge in [0.15, 0.2) is 0 Å². The first-order valence-corrected chi connectivity index (χ1v) is 9.65. The molecule has 1 aliphatic rings. The molecule has 0 spiro atoms. The highest BCUT2D eigenvalue weighted by atomic mass is 16.5. The van der Waals surface area contributed by atoms with E-state index in [9.17, 15) is 9.90 Å². The van der Waals surface area contributed by atoms with Crippen molar-refractivity contribution in [1.82, 2.24) is 0 Å². The molecule has 3 rings (SSSR count). The number of phenolic OH excluding ortho intramolecular Hbond substituents is 1. The van der Waals surface area contributed by atoms with Crippen molar-refractivity contribution in [3.63, 3.8) is 0 Å². The summed E-state index contributed by atoms with van der Waals surface area (Å²) in [5.74, 6) is 1.03. The lowest BCUT2D eigenvalue weighted by atomic mass is 9.79. The molecule has 3 heteroatoms. The van der Waals surface area contributed by atoms with Crippen LogP contribution in [0.1, 0.15) is 51.2 Å². The summed E-state index contributed by atoms with van der Waals surface area (Å²) in [7, 11) is 0. The molecule has 0 bridgehead atoms. The van der Waals surface area contributed by atoms with Gasteiger partial charge in [0.05, 0.1) is 0 Å². The number of allylic oxidation sites excluding steroid dienone is 2. The molecule has 0 fully saturated rings. The summed E-state index contributed by atoms with van der Waals surface area (Å²) in [4.78, 5) is 12.3. The molecule has 0 saturated heterocycles. The van der Waals surface area contributed by atoms with E-state index in [0.29, 0.717) is 23.0 Å². The second-order valence-electron chi connectivity index (χ2n) is 7.82. The number of ether oxygens (including phenoxy) is 1. The van der Waals surface area contributed by atoms with Crippen molar-refractivity contribution in [2.75, 3.05) is 0 Å². The summed E-state index contributed by atoms with van der Waals surface area (Å²) >= 11 is 0. The Morgan fingerprint density at radius 1 is 1.22 bits per heavy atom. The number of phenols is 1. The van der Waals surface area contributed by atoms with Crippen LogP contribution in [-0.4, -0.2) is 11.1 Å². The van der Waals surface area contributed by atoms with Gasteiger partial charge in [-0.05, 0) is 58.8 Å². The number of hydrogen-bond donors (Lipinski definition) is 1. The second-order valence-corrected chi connectivity index (χ2v) is 7.82. The molecular weight excluding hydrogens is 336 g/mol. The molecule has 2 aromatic rings. The second kappa shape index (κ2) is 7.99. The fourth-order valence-electron chi connectivity index (χ4n) is 3.87. The Kier molecular flexibility index (Phi) is 5.69. The third-order valence-corrected chi connectivity index (χ3v) is 5.32. The van der Waals surface area contributed by atoms with Crippen molar-refractivity contribution >= 4 is 16.7 Å². The molecule has 0 radical (unpaired) electrons. The molecule has 142 valence electrons. The maximum atomic E-state index is 12.3. The average Bonchev–Trinajstić information content (AvgIpc) is 2.64. The minimum absolute atomic E-state index is 0.332. The number of benzene rings is 2. The lowest BCUT2D eigenvalue weighted by Gasteiger charge is -2.28. The first-order valence-electron chi connectivity index (χ1n) is 9.65. The Bertz CT molecular complexity index is 917. The first-order chi connectivity index (χ1) is 12.9. The van der Waals surface area contributed by atoms with Gasteiger partial charge in [-0.3, -0.25) is 0 Å². The molecule has 0 heterocycles. The van der Waals surface area contributed by atoms with E-state index < -0.39 is 5.97 Å². The zero-order valence-corrected chi connectivity index (χ0v) is 16.5. The van der Waals surface area contributed by atoms with Crippen LogP contribution in [0.4, 0.5) is 0 Å². The van der Waals surface area contributed by atoms with Gasteiger partial charge >= 0.3 is 5.97 Å². The van der Waals surface area contributed by atoms with Crippen LogP contribution in [0.25, 0.3) is 10.8 Å². The normalized spacial score (nSPS) is 15.9. The van der Waals surface area contributed by atoms with Crippen molar-refractivity contribution < 1.29 is 14.6 Å². The van der Waals surface area contributed by atoms with Crippen LogP contribution in [-0.2, 0) is 17.6 Å². The highest BCUT2D eigenvalue weighted by molar-refractivity contribution is 5.99. The van der Waals surface area contributed by atoms with Crippen LogP contribution in [0.3, 0.4) is 0 Å². The summed E-state index contributed by atoms with van der Waals surface area (Å²) < 4.78 is 5.77. The van der Waals surface area contributed by atoms with Crippen LogP contribution in [0, 0.1) is 5.92 Å². The summed E-state index contributed by atoms with van der Waals surface area (Å²) in [5, 5.41) is 12.4. The van der Waals surface area contributed by atoms with Crippen LogP contribution < -0.4 is 4.74 Å². The molecule has 1 N–H and O–H groups in total. The van der Waals surface area contributed by atoms with Crippen molar-refractivity contribution in [3.05, 3.63) is 59.2 Å². The van der Waals surface area contributed by atoms with Gasteiger partial charge in [-0.1, -0.05) is 42.5 Å². The number of hydrogen-bond acceptors (Lipinski definition) is 3. The number of rotatable bonds is 5. The number of carbonyl (C=O) groups is 1. The van der Waals surface area contributed by atoms with E-state index in [1.54, 1.807) is 6.92 Å². The third kappa shape index (κ3) is 4.08. The predicted molar refractivity (Wildman–Crippen MR) is 110 cm³/mol. The van der Waals surface area contributed by atoms with Crippen LogP contribution in [0.2, 0.25) is 0 Å². The quantitative estimate of drug-likeness (QED) is 0.312. The number of carbonyl (C=O) groups excluding carboxylic acids is 1. The lowest BCUT2D eigenvalue weighted by molar-refractivity contribution is -0.130. The molecule has 27 heavy (non-hydrogen) atoms. The Morgan fingerprint density at radius 3 is 2.59 bits per heavy atom. The molecule has 0 aliphatic heterocycles. The SMILES string of the molecule is C=C(C)C(=O)Oc1c2c(c(O)c3ccccc13)CCC(CCC=C(C)C)C2. The molecule has 0 aromatic heterocycles. The fourth-order valence-corrected chi connectivity index (χ4v) is 3.87. The number of esters is 1. The van der Waals surface area contributed by atoms with E-state index in [4.69, 9.17) is 4.74 Å². The Labute approximate surface area is 161 Å². The minimum atomic E-state index is -0.417. The number of fused-ring (bicyclic) bond motifs is 2. The summed E-state index contributed by atoms with van der Waals surface area (Å²) in [5.41, 5.74) is 3.62. The lowest BCUT2D eigenvalue weighted by Crippen LogP contribution is -2.18. The Hall–Kier alpha value is -2.55. The molecule has 2 aromatic carbocycles. The van der Waals surface area contributed by atoms with Crippen molar-refractivity contribution in [2.24, 2.45) is 5.92 Å². The highest BCUT2D eigenvalue weighted by Gasteiger charge is 2.28. The molecule has 1 unspecified atom stereocenters. The largest absolute Gasteiger partial charge is 0.507 e. The van der Waals surface area contributed by atoms with Gasteiger partial charge in [0.1, 0.15) is 11.5 Å². The van der Waals surface area contributed by atoms with Gasteiger partial charge in [0.25, 0.3) is 0 Å². The van der Waals surface area contributed by atoms with Crippen LogP contribution in [0.15, 0.2) is 48.1 Å². The molecule has 0 amide bonds. The van der Waals surface area contributed by atoms with Gasteiger partial charge in [-0.25, -0.2) is 4.79 Å². The monoisotopic (exact) mass is 364 g/mol. The van der Waals surface area contributed by atoms with E-state index in [0.717, 1.165) is 54.0 Å². The maximum Gasteiger partial charge on any atom is 0.338 e. The standard InChI is InChI=1S/C24H28O3/c1-15(2)8-7-9-17-12-13-19-21(14-17)23(27-24(26)16(3)4)20-11-6-5-10-18(20)22(19)25/h5-6,8,10-11,17,25H,3,7,9,12-14H2,1-2,4H3. The van der Waals surface area contributed by atoms with Gasteiger partial charge in [-0.15, -0.1) is 0 Å². The van der Waals surface area contributed by atoms with E-state index in [2.05, 4.69) is 26.5 Å².